The van der Waals surface area contributed by atoms with Crippen molar-refractivity contribution >= 4 is 5.82 Å². The number of aryl methyl sites for hydroxylation is 2. The normalized spacial score (nSPS) is 11.1. The molecule has 0 unspecified atom stereocenters. The van der Waals surface area contributed by atoms with Gasteiger partial charge in [-0.25, -0.2) is 0 Å². The van der Waals surface area contributed by atoms with Crippen LogP contribution in [0, 0.1) is 12.8 Å². The Morgan fingerprint density at radius 2 is 2.05 bits per heavy atom. The molecule has 0 radical (unpaired) electrons. The second kappa shape index (κ2) is 5.57. The SMILES string of the molecule is COc1ccc(C)cc1-c1c(CC(C)C)nn(C)c1N. The van der Waals surface area contributed by atoms with E-state index in [1.165, 1.54) is 5.56 Å². The number of nitrogen functional groups attached to an aromatic ring is 1. The average molecular weight is 273 g/mol. The number of hydrogen-bond donors (Lipinski definition) is 1. The van der Waals surface area contributed by atoms with E-state index in [9.17, 15) is 0 Å². The third-order valence-electron chi connectivity index (χ3n) is 3.39. The van der Waals surface area contributed by atoms with E-state index in [0.717, 1.165) is 29.0 Å². The summed E-state index contributed by atoms with van der Waals surface area (Å²) in [5.74, 6) is 2.05. The highest BCUT2D eigenvalue weighted by atomic mass is 16.5. The maximum atomic E-state index is 6.23. The molecule has 0 bridgehead atoms. The van der Waals surface area contributed by atoms with Crippen molar-refractivity contribution < 1.29 is 4.74 Å². The Morgan fingerprint density at radius 1 is 1.35 bits per heavy atom. The number of hydrogen-bond acceptors (Lipinski definition) is 3. The van der Waals surface area contributed by atoms with Gasteiger partial charge in [0.1, 0.15) is 11.6 Å². The van der Waals surface area contributed by atoms with Gasteiger partial charge in [-0.15, -0.1) is 0 Å². The molecule has 1 heterocycles. The van der Waals surface area contributed by atoms with E-state index in [-0.39, 0.29) is 0 Å². The fourth-order valence-electron chi connectivity index (χ4n) is 2.43. The minimum Gasteiger partial charge on any atom is -0.496 e. The molecule has 2 aromatic rings. The standard InChI is InChI=1S/C16H23N3O/c1-10(2)8-13-15(16(17)19(4)18-13)12-9-11(3)6-7-14(12)20-5/h6-7,9-10H,8,17H2,1-5H3. The summed E-state index contributed by atoms with van der Waals surface area (Å²) in [4.78, 5) is 0. The quantitative estimate of drug-likeness (QED) is 0.930. The van der Waals surface area contributed by atoms with Crippen molar-refractivity contribution in [2.75, 3.05) is 12.8 Å². The van der Waals surface area contributed by atoms with E-state index in [2.05, 4.69) is 31.9 Å². The van der Waals surface area contributed by atoms with Gasteiger partial charge in [-0.2, -0.15) is 5.10 Å². The molecule has 1 aromatic heterocycles. The minimum atomic E-state index is 0.527. The third-order valence-corrected chi connectivity index (χ3v) is 3.39. The van der Waals surface area contributed by atoms with Gasteiger partial charge in [0.2, 0.25) is 0 Å². The fraction of sp³-hybridized carbons (Fsp3) is 0.438. The van der Waals surface area contributed by atoms with Gasteiger partial charge in [0, 0.05) is 12.6 Å². The zero-order chi connectivity index (χ0) is 14.9. The summed E-state index contributed by atoms with van der Waals surface area (Å²) in [5, 5.41) is 4.57. The second-order valence-corrected chi connectivity index (χ2v) is 5.63. The maximum Gasteiger partial charge on any atom is 0.129 e. The molecule has 2 rings (SSSR count). The van der Waals surface area contributed by atoms with Crippen LogP contribution in [0.2, 0.25) is 0 Å². The Bertz CT molecular complexity index is 614. The van der Waals surface area contributed by atoms with Crippen LogP contribution in [0.15, 0.2) is 18.2 Å². The molecule has 108 valence electrons. The van der Waals surface area contributed by atoms with Crippen LogP contribution in [0.3, 0.4) is 0 Å². The van der Waals surface area contributed by atoms with Crippen LogP contribution in [0.25, 0.3) is 11.1 Å². The number of rotatable bonds is 4. The average Bonchev–Trinajstić information content (AvgIpc) is 2.64. The molecule has 2 N–H and O–H groups in total. The molecular weight excluding hydrogens is 250 g/mol. The smallest absolute Gasteiger partial charge is 0.129 e. The number of ether oxygens (including phenoxy) is 1. The molecule has 0 saturated carbocycles. The van der Waals surface area contributed by atoms with E-state index >= 15 is 0 Å². The lowest BCUT2D eigenvalue weighted by Crippen LogP contribution is -1.99. The lowest BCUT2D eigenvalue weighted by molar-refractivity contribution is 0.416. The van der Waals surface area contributed by atoms with Crippen molar-refractivity contribution in [3.63, 3.8) is 0 Å². The number of anilines is 1. The lowest BCUT2D eigenvalue weighted by atomic mass is 9.97. The highest BCUT2D eigenvalue weighted by molar-refractivity contribution is 5.81. The van der Waals surface area contributed by atoms with Crippen LogP contribution in [-0.2, 0) is 13.5 Å². The Balaban J connectivity index is 2.65. The van der Waals surface area contributed by atoms with E-state index < -0.39 is 0 Å². The van der Waals surface area contributed by atoms with Crippen LogP contribution in [0.1, 0.15) is 25.1 Å². The lowest BCUT2D eigenvalue weighted by Gasteiger charge is -2.11. The Labute approximate surface area is 120 Å². The zero-order valence-electron chi connectivity index (χ0n) is 12.9. The van der Waals surface area contributed by atoms with Crippen LogP contribution in [-0.4, -0.2) is 16.9 Å². The number of methoxy groups -OCH3 is 1. The van der Waals surface area contributed by atoms with Crippen molar-refractivity contribution in [1.29, 1.82) is 0 Å². The molecular formula is C16H23N3O. The van der Waals surface area contributed by atoms with Gasteiger partial charge in [-0.05, 0) is 31.4 Å². The fourth-order valence-corrected chi connectivity index (χ4v) is 2.43. The molecule has 4 heteroatoms. The molecule has 4 nitrogen and oxygen atoms in total. The molecule has 0 aliphatic carbocycles. The Kier molecular flexibility index (Phi) is 4.02. The van der Waals surface area contributed by atoms with E-state index in [1.54, 1.807) is 11.8 Å². The first kappa shape index (κ1) is 14.4. The predicted octanol–water partition coefficient (Wildman–Crippen LogP) is 3.18. The van der Waals surface area contributed by atoms with Crippen molar-refractivity contribution in [2.45, 2.75) is 27.2 Å². The van der Waals surface area contributed by atoms with Gasteiger partial charge in [0.15, 0.2) is 0 Å². The van der Waals surface area contributed by atoms with Crippen LogP contribution < -0.4 is 10.5 Å². The van der Waals surface area contributed by atoms with Crippen LogP contribution in [0.4, 0.5) is 5.82 Å². The van der Waals surface area contributed by atoms with Crippen molar-refractivity contribution in [2.24, 2.45) is 13.0 Å². The highest BCUT2D eigenvalue weighted by Crippen LogP contribution is 2.37. The third kappa shape index (κ3) is 2.64. The van der Waals surface area contributed by atoms with Crippen molar-refractivity contribution in [3.8, 4) is 16.9 Å². The largest absolute Gasteiger partial charge is 0.496 e. The summed E-state index contributed by atoms with van der Waals surface area (Å²) < 4.78 is 7.23. The number of nitrogens with two attached hydrogens (primary N) is 1. The van der Waals surface area contributed by atoms with Gasteiger partial charge in [0.25, 0.3) is 0 Å². The topological polar surface area (TPSA) is 53.1 Å². The number of aromatic nitrogens is 2. The monoisotopic (exact) mass is 273 g/mol. The van der Waals surface area contributed by atoms with Crippen molar-refractivity contribution in [3.05, 3.63) is 29.5 Å². The van der Waals surface area contributed by atoms with E-state index in [1.807, 2.05) is 19.2 Å². The number of nitrogens with zero attached hydrogens (tertiary/aromatic N) is 2. The molecule has 0 aliphatic heterocycles. The van der Waals surface area contributed by atoms with Gasteiger partial charge in [-0.1, -0.05) is 25.5 Å². The Hall–Kier alpha value is -1.97. The van der Waals surface area contributed by atoms with E-state index in [0.29, 0.717) is 11.7 Å². The highest BCUT2D eigenvalue weighted by Gasteiger charge is 2.19. The molecule has 0 fully saturated rings. The molecule has 0 aliphatic rings. The van der Waals surface area contributed by atoms with Gasteiger partial charge >= 0.3 is 0 Å². The molecule has 0 amide bonds. The van der Waals surface area contributed by atoms with Gasteiger partial charge in [0.05, 0.1) is 18.4 Å². The summed E-state index contributed by atoms with van der Waals surface area (Å²) in [6.45, 7) is 6.43. The molecule has 20 heavy (non-hydrogen) atoms. The van der Waals surface area contributed by atoms with Crippen LogP contribution >= 0.6 is 0 Å². The van der Waals surface area contributed by atoms with Crippen LogP contribution in [0.5, 0.6) is 5.75 Å². The zero-order valence-corrected chi connectivity index (χ0v) is 12.9. The summed E-state index contributed by atoms with van der Waals surface area (Å²) in [7, 11) is 3.56. The van der Waals surface area contributed by atoms with Gasteiger partial charge in [-0.3, -0.25) is 4.68 Å². The predicted molar refractivity (Wildman–Crippen MR) is 82.9 cm³/mol. The first-order valence-corrected chi connectivity index (χ1v) is 6.90. The first-order valence-electron chi connectivity index (χ1n) is 6.90. The molecule has 1 aromatic carbocycles. The minimum absolute atomic E-state index is 0.527. The van der Waals surface area contributed by atoms with Gasteiger partial charge < -0.3 is 10.5 Å². The molecule has 0 atom stereocenters. The number of benzene rings is 1. The first-order chi connectivity index (χ1) is 9.43. The Morgan fingerprint density at radius 3 is 2.65 bits per heavy atom. The molecule has 0 saturated heterocycles. The second-order valence-electron chi connectivity index (χ2n) is 5.63. The summed E-state index contributed by atoms with van der Waals surface area (Å²) >= 11 is 0. The maximum absolute atomic E-state index is 6.23. The molecule has 0 spiro atoms. The summed E-state index contributed by atoms with van der Waals surface area (Å²) in [5.41, 5.74) is 10.5. The summed E-state index contributed by atoms with van der Waals surface area (Å²) in [6, 6.07) is 6.13. The van der Waals surface area contributed by atoms with E-state index in [4.69, 9.17) is 10.5 Å². The van der Waals surface area contributed by atoms with Crippen molar-refractivity contribution in [1.82, 2.24) is 9.78 Å². The summed E-state index contributed by atoms with van der Waals surface area (Å²) in [6.07, 6.45) is 0.900.